The topological polar surface area (TPSA) is 58.6 Å². The molecule has 0 atom stereocenters. The summed E-state index contributed by atoms with van der Waals surface area (Å²) in [5.41, 5.74) is 0. The first kappa shape index (κ1) is 15.8. The molecule has 1 fully saturated rings. The van der Waals surface area contributed by atoms with Gasteiger partial charge in [-0.05, 0) is 31.0 Å². The molecule has 2 rings (SSSR count). The van der Waals surface area contributed by atoms with Crippen molar-refractivity contribution in [3.8, 4) is 5.75 Å². The number of nitrogens with one attached hydrogen (secondary N) is 1. The molecule has 0 radical (unpaired) electrons. The van der Waals surface area contributed by atoms with Gasteiger partial charge in [-0.15, -0.1) is 0 Å². The molecular formula is C14H16BrFN2O3. The van der Waals surface area contributed by atoms with Gasteiger partial charge in [-0.1, -0.05) is 15.9 Å². The van der Waals surface area contributed by atoms with Gasteiger partial charge in [0.25, 0.3) is 5.91 Å². The predicted octanol–water partition coefficient (Wildman–Crippen LogP) is 1.70. The molecule has 0 aromatic heterocycles. The van der Waals surface area contributed by atoms with Gasteiger partial charge < -0.3 is 15.0 Å². The molecule has 7 heteroatoms. The van der Waals surface area contributed by atoms with Crippen LogP contribution in [-0.2, 0) is 9.59 Å². The molecule has 0 heterocycles. The van der Waals surface area contributed by atoms with Crippen LogP contribution in [-0.4, -0.2) is 43.0 Å². The van der Waals surface area contributed by atoms with Crippen LogP contribution >= 0.6 is 15.9 Å². The summed E-state index contributed by atoms with van der Waals surface area (Å²) < 4.78 is 19.2. The Balaban J connectivity index is 1.78. The molecule has 1 aliphatic carbocycles. The normalized spacial score (nSPS) is 13.7. The van der Waals surface area contributed by atoms with Gasteiger partial charge in [0.05, 0.1) is 6.54 Å². The zero-order chi connectivity index (χ0) is 15.4. The lowest BCUT2D eigenvalue weighted by Crippen LogP contribution is -2.41. The Bertz CT molecular complexity index is 549. The summed E-state index contributed by atoms with van der Waals surface area (Å²) in [6.07, 6.45) is 1.99. The molecule has 0 bridgehead atoms. The predicted molar refractivity (Wildman–Crippen MR) is 78.4 cm³/mol. The maximum atomic E-state index is 13.5. The molecule has 1 aromatic carbocycles. The van der Waals surface area contributed by atoms with E-state index in [9.17, 15) is 14.0 Å². The van der Waals surface area contributed by atoms with Crippen LogP contribution in [0.5, 0.6) is 5.75 Å². The molecule has 1 aromatic rings. The number of amides is 2. The van der Waals surface area contributed by atoms with Crippen molar-refractivity contribution in [2.24, 2.45) is 0 Å². The molecule has 2 amide bonds. The molecule has 1 saturated carbocycles. The maximum absolute atomic E-state index is 13.5. The first-order chi connectivity index (χ1) is 9.95. The van der Waals surface area contributed by atoms with E-state index in [1.165, 1.54) is 24.1 Å². The monoisotopic (exact) mass is 358 g/mol. The van der Waals surface area contributed by atoms with Gasteiger partial charge >= 0.3 is 0 Å². The number of halogens is 2. The number of carbonyl (C=O) groups excluding carboxylic acids is 2. The van der Waals surface area contributed by atoms with Crippen molar-refractivity contribution in [2.45, 2.75) is 18.9 Å². The fourth-order valence-electron chi connectivity index (χ4n) is 1.65. The Kier molecular flexibility index (Phi) is 5.17. The SMILES string of the molecule is CN(CC(=O)NC1CC1)C(=O)COc1ccc(Br)cc1F. The molecule has 21 heavy (non-hydrogen) atoms. The first-order valence-electron chi connectivity index (χ1n) is 6.57. The highest BCUT2D eigenvalue weighted by molar-refractivity contribution is 9.10. The van der Waals surface area contributed by atoms with Gasteiger partial charge in [-0.2, -0.15) is 0 Å². The van der Waals surface area contributed by atoms with E-state index in [2.05, 4.69) is 21.2 Å². The van der Waals surface area contributed by atoms with Crippen molar-refractivity contribution in [3.05, 3.63) is 28.5 Å². The third-order valence-electron chi connectivity index (χ3n) is 2.99. The molecule has 114 valence electrons. The molecule has 1 N–H and O–H groups in total. The second-order valence-corrected chi connectivity index (χ2v) is 5.87. The van der Waals surface area contributed by atoms with E-state index < -0.39 is 5.82 Å². The van der Waals surface area contributed by atoms with Crippen molar-refractivity contribution in [2.75, 3.05) is 20.2 Å². The van der Waals surface area contributed by atoms with E-state index in [4.69, 9.17) is 4.74 Å². The third kappa shape index (κ3) is 5.00. The van der Waals surface area contributed by atoms with Gasteiger partial charge in [0.15, 0.2) is 18.2 Å². The Morgan fingerprint density at radius 3 is 2.81 bits per heavy atom. The Labute approximate surface area is 130 Å². The minimum Gasteiger partial charge on any atom is -0.481 e. The second kappa shape index (κ2) is 6.89. The summed E-state index contributed by atoms with van der Waals surface area (Å²) >= 11 is 3.14. The van der Waals surface area contributed by atoms with Crippen LogP contribution in [0.4, 0.5) is 4.39 Å². The van der Waals surface area contributed by atoms with Crippen molar-refractivity contribution in [1.29, 1.82) is 0 Å². The Hall–Kier alpha value is -1.63. The van der Waals surface area contributed by atoms with Gasteiger partial charge in [-0.3, -0.25) is 9.59 Å². The van der Waals surface area contributed by atoms with E-state index in [0.717, 1.165) is 12.8 Å². The summed E-state index contributed by atoms with van der Waals surface area (Å²) in [5, 5.41) is 2.79. The number of rotatable bonds is 6. The maximum Gasteiger partial charge on any atom is 0.260 e. The average Bonchev–Trinajstić information content (AvgIpc) is 3.21. The standard InChI is InChI=1S/C14H16BrFN2O3/c1-18(7-13(19)17-10-3-4-10)14(20)8-21-12-5-2-9(15)6-11(12)16/h2,5-6,10H,3-4,7-8H2,1H3,(H,17,19). The summed E-state index contributed by atoms with van der Waals surface area (Å²) in [4.78, 5) is 24.6. The van der Waals surface area contributed by atoms with E-state index >= 15 is 0 Å². The fourth-order valence-corrected chi connectivity index (χ4v) is 1.98. The fraction of sp³-hybridized carbons (Fsp3) is 0.429. The largest absolute Gasteiger partial charge is 0.481 e. The highest BCUT2D eigenvalue weighted by Crippen LogP contribution is 2.21. The minimum atomic E-state index is -0.550. The van der Waals surface area contributed by atoms with Crippen LogP contribution in [0.3, 0.4) is 0 Å². The van der Waals surface area contributed by atoms with Crippen molar-refractivity contribution < 1.29 is 18.7 Å². The average molecular weight is 359 g/mol. The van der Waals surface area contributed by atoms with Gasteiger partial charge in [0.2, 0.25) is 5.91 Å². The number of hydrogen-bond acceptors (Lipinski definition) is 3. The lowest BCUT2D eigenvalue weighted by atomic mass is 10.3. The van der Waals surface area contributed by atoms with E-state index in [-0.39, 0.29) is 36.8 Å². The molecule has 0 unspecified atom stereocenters. The van der Waals surface area contributed by atoms with Crippen LogP contribution in [0.15, 0.2) is 22.7 Å². The van der Waals surface area contributed by atoms with Gasteiger partial charge in [0.1, 0.15) is 0 Å². The minimum absolute atomic E-state index is 0.00221. The number of hydrogen-bond donors (Lipinski definition) is 1. The molecule has 1 aliphatic rings. The summed E-state index contributed by atoms with van der Waals surface area (Å²) in [6.45, 7) is -0.340. The smallest absolute Gasteiger partial charge is 0.260 e. The number of nitrogens with zero attached hydrogens (tertiary/aromatic N) is 1. The molecule has 5 nitrogen and oxygen atoms in total. The van der Waals surface area contributed by atoms with E-state index in [0.29, 0.717) is 4.47 Å². The molecular weight excluding hydrogens is 343 g/mol. The Morgan fingerprint density at radius 1 is 1.48 bits per heavy atom. The second-order valence-electron chi connectivity index (χ2n) is 4.96. The number of ether oxygens (including phenoxy) is 1. The van der Waals surface area contributed by atoms with Gasteiger partial charge in [0, 0.05) is 17.6 Å². The van der Waals surface area contributed by atoms with E-state index in [1.54, 1.807) is 6.07 Å². The van der Waals surface area contributed by atoms with Crippen molar-refractivity contribution >= 4 is 27.7 Å². The molecule has 0 aliphatic heterocycles. The third-order valence-corrected chi connectivity index (χ3v) is 3.49. The molecule has 0 saturated heterocycles. The van der Waals surface area contributed by atoms with Gasteiger partial charge in [-0.25, -0.2) is 4.39 Å². The lowest BCUT2D eigenvalue weighted by Gasteiger charge is -2.17. The summed E-state index contributed by atoms with van der Waals surface area (Å²) in [7, 11) is 1.51. The molecule has 0 spiro atoms. The highest BCUT2D eigenvalue weighted by atomic mass is 79.9. The number of carbonyl (C=O) groups is 2. The zero-order valence-corrected chi connectivity index (χ0v) is 13.2. The number of benzene rings is 1. The first-order valence-corrected chi connectivity index (χ1v) is 7.36. The van der Waals surface area contributed by atoms with Crippen molar-refractivity contribution in [1.82, 2.24) is 10.2 Å². The van der Waals surface area contributed by atoms with Crippen LogP contribution in [0.25, 0.3) is 0 Å². The highest BCUT2D eigenvalue weighted by Gasteiger charge is 2.24. The summed E-state index contributed by atoms with van der Waals surface area (Å²) in [6, 6.07) is 4.57. The van der Waals surface area contributed by atoms with Crippen LogP contribution < -0.4 is 10.1 Å². The quantitative estimate of drug-likeness (QED) is 0.841. The van der Waals surface area contributed by atoms with Crippen molar-refractivity contribution in [3.63, 3.8) is 0 Å². The zero-order valence-electron chi connectivity index (χ0n) is 11.6. The summed E-state index contributed by atoms with van der Waals surface area (Å²) in [5.74, 6) is -1.12. The Morgan fingerprint density at radius 2 is 2.19 bits per heavy atom. The lowest BCUT2D eigenvalue weighted by molar-refractivity contribution is -0.136. The van der Waals surface area contributed by atoms with Crippen LogP contribution in [0.1, 0.15) is 12.8 Å². The van der Waals surface area contributed by atoms with Crippen LogP contribution in [0, 0.1) is 5.82 Å². The number of likely N-dealkylation sites (N-methyl/N-ethyl adjacent to an activating group) is 1. The van der Waals surface area contributed by atoms with E-state index in [1.807, 2.05) is 0 Å². The van der Waals surface area contributed by atoms with Crippen LogP contribution in [0.2, 0.25) is 0 Å².